The summed E-state index contributed by atoms with van der Waals surface area (Å²) >= 11 is 0. The molecule has 0 saturated carbocycles. The minimum atomic E-state index is 0.827. The summed E-state index contributed by atoms with van der Waals surface area (Å²) in [5.41, 5.74) is 2.31. The highest BCUT2D eigenvalue weighted by Crippen LogP contribution is 2.19. The van der Waals surface area contributed by atoms with Gasteiger partial charge in [0, 0.05) is 37.9 Å². The van der Waals surface area contributed by atoms with Gasteiger partial charge in [-0.15, -0.1) is 0 Å². The fourth-order valence-electron chi connectivity index (χ4n) is 2.85. The Morgan fingerprint density at radius 1 is 0.875 bits per heavy atom. The van der Waals surface area contributed by atoms with E-state index in [0.717, 1.165) is 56.5 Å². The van der Waals surface area contributed by atoms with Crippen molar-refractivity contribution in [3.63, 3.8) is 0 Å². The molecule has 0 amide bonds. The Balaban J connectivity index is 2.27. The zero-order chi connectivity index (χ0) is 17.4. The van der Waals surface area contributed by atoms with E-state index < -0.39 is 0 Å². The lowest BCUT2D eigenvalue weighted by molar-refractivity contribution is 0.723. The molecule has 1 heterocycles. The third-order valence-electron chi connectivity index (χ3n) is 4.02. The third-order valence-corrected chi connectivity index (χ3v) is 4.02. The molecule has 0 saturated heterocycles. The predicted octanol–water partition coefficient (Wildman–Crippen LogP) is 4.44. The number of hydrogen-bond donors (Lipinski definition) is 0. The first-order chi connectivity index (χ1) is 11.7. The van der Waals surface area contributed by atoms with E-state index in [1.807, 2.05) is 0 Å². The summed E-state index contributed by atoms with van der Waals surface area (Å²) in [6, 6.07) is 12.6. The average Bonchev–Trinajstić information content (AvgIpc) is 2.60. The van der Waals surface area contributed by atoms with Gasteiger partial charge in [-0.05, 0) is 32.3 Å². The molecule has 1 aromatic heterocycles. The molecule has 4 heteroatoms. The summed E-state index contributed by atoms with van der Waals surface area (Å²) in [7, 11) is 0. The van der Waals surface area contributed by atoms with Crippen molar-refractivity contribution in [1.29, 1.82) is 0 Å². The van der Waals surface area contributed by atoms with E-state index in [1.165, 1.54) is 5.56 Å². The Labute approximate surface area is 146 Å². The van der Waals surface area contributed by atoms with Crippen LogP contribution in [0.5, 0.6) is 0 Å². The highest BCUT2D eigenvalue weighted by atomic mass is 15.3. The van der Waals surface area contributed by atoms with Gasteiger partial charge in [0.05, 0.1) is 0 Å². The van der Waals surface area contributed by atoms with Gasteiger partial charge in [0.1, 0.15) is 5.82 Å². The molecule has 2 aromatic rings. The summed E-state index contributed by atoms with van der Waals surface area (Å²) in [6.07, 6.45) is 2.25. The highest BCUT2D eigenvalue weighted by molar-refractivity contribution is 5.46. The van der Waals surface area contributed by atoms with Crippen LogP contribution in [0.1, 0.15) is 44.9 Å². The van der Waals surface area contributed by atoms with Crippen LogP contribution in [0.4, 0.5) is 11.8 Å². The maximum Gasteiger partial charge on any atom is 0.227 e. The number of aromatic nitrogens is 2. The number of rotatable bonds is 9. The van der Waals surface area contributed by atoms with E-state index >= 15 is 0 Å². The largest absolute Gasteiger partial charge is 0.356 e. The van der Waals surface area contributed by atoms with Gasteiger partial charge in [-0.1, -0.05) is 44.2 Å². The Morgan fingerprint density at radius 2 is 1.54 bits per heavy atom. The number of anilines is 2. The Morgan fingerprint density at radius 3 is 2.12 bits per heavy atom. The second kappa shape index (κ2) is 9.26. The van der Waals surface area contributed by atoms with Crippen molar-refractivity contribution in [2.75, 3.05) is 29.4 Å². The van der Waals surface area contributed by atoms with Crippen LogP contribution in [0.25, 0.3) is 0 Å². The molecule has 0 N–H and O–H groups in total. The predicted molar refractivity (Wildman–Crippen MR) is 103 cm³/mol. The first-order valence-electron chi connectivity index (χ1n) is 9.07. The van der Waals surface area contributed by atoms with Gasteiger partial charge in [-0.3, -0.25) is 0 Å². The van der Waals surface area contributed by atoms with E-state index in [1.54, 1.807) is 0 Å². The van der Waals surface area contributed by atoms with E-state index in [9.17, 15) is 0 Å². The summed E-state index contributed by atoms with van der Waals surface area (Å²) in [4.78, 5) is 14.2. The molecule has 0 radical (unpaired) electrons. The lowest BCUT2D eigenvalue weighted by atomic mass is 10.2. The maximum absolute atomic E-state index is 4.88. The molecule has 0 aliphatic heterocycles. The van der Waals surface area contributed by atoms with Gasteiger partial charge in [0.15, 0.2) is 0 Å². The molecule has 24 heavy (non-hydrogen) atoms. The first-order valence-corrected chi connectivity index (χ1v) is 9.07. The molecule has 2 rings (SSSR count). The molecular weight excluding hydrogens is 296 g/mol. The Hall–Kier alpha value is -2.10. The summed E-state index contributed by atoms with van der Waals surface area (Å²) in [5, 5.41) is 0. The number of nitrogens with zero attached hydrogens (tertiary/aromatic N) is 4. The van der Waals surface area contributed by atoms with E-state index in [-0.39, 0.29) is 0 Å². The van der Waals surface area contributed by atoms with E-state index in [0.29, 0.717) is 0 Å². The highest BCUT2D eigenvalue weighted by Gasteiger charge is 2.13. The van der Waals surface area contributed by atoms with Crippen molar-refractivity contribution < 1.29 is 0 Å². The minimum Gasteiger partial charge on any atom is -0.356 e. The van der Waals surface area contributed by atoms with Crippen molar-refractivity contribution in [1.82, 2.24) is 9.97 Å². The quantitative estimate of drug-likeness (QED) is 0.682. The molecule has 130 valence electrons. The van der Waals surface area contributed by atoms with Crippen LogP contribution in [0.15, 0.2) is 36.4 Å². The Kier molecular flexibility index (Phi) is 7.04. The van der Waals surface area contributed by atoms with Gasteiger partial charge in [0.25, 0.3) is 0 Å². The van der Waals surface area contributed by atoms with Crippen LogP contribution in [0.2, 0.25) is 0 Å². The summed E-state index contributed by atoms with van der Waals surface area (Å²) in [5.74, 6) is 1.88. The van der Waals surface area contributed by atoms with Crippen LogP contribution < -0.4 is 9.80 Å². The normalized spacial score (nSPS) is 10.7. The molecule has 0 unspecified atom stereocenters. The van der Waals surface area contributed by atoms with Gasteiger partial charge in [0.2, 0.25) is 5.95 Å². The lowest BCUT2D eigenvalue weighted by Crippen LogP contribution is -2.29. The van der Waals surface area contributed by atoms with Crippen LogP contribution >= 0.6 is 0 Å². The summed E-state index contributed by atoms with van der Waals surface area (Å²) < 4.78 is 0. The molecule has 4 nitrogen and oxygen atoms in total. The average molecular weight is 326 g/mol. The van der Waals surface area contributed by atoms with Gasteiger partial charge >= 0.3 is 0 Å². The molecule has 0 aliphatic rings. The van der Waals surface area contributed by atoms with Gasteiger partial charge < -0.3 is 9.80 Å². The molecule has 0 spiro atoms. The second-order valence-electron chi connectivity index (χ2n) is 6.15. The van der Waals surface area contributed by atoms with Gasteiger partial charge in [-0.2, -0.15) is 4.98 Å². The van der Waals surface area contributed by atoms with Crippen molar-refractivity contribution in [3.05, 3.63) is 47.7 Å². The minimum absolute atomic E-state index is 0.827. The fraction of sp³-hybridized carbons (Fsp3) is 0.500. The van der Waals surface area contributed by atoms with E-state index in [4.69, 9.17) is 9.97 Å². The van der Waals surface area contributed by atoms with E-state index in [2.05, 4.69) is 73.9 Å². The number of benzene rings is 1. The Bertz CT molecular complexity index is 606. The van der Waals surface area contributed by atoms with Crippen molar-refractivity contribution >= 4 is 11.8 Å². The standard InChI is InChI=1S/C20H30N4/c1-5-13-24(14-6-2)19-15-17(4)21-20(22-19)23(7-3)16-18-11-9-8-10-12-18/h8-12,15H,5-7,13-14,16H2,1-4H3. The van der Waals surface area contributed by atoms with Crippen molar-refractivity contribution in [2.45, 2.75) is 47.1 Å². The van der Waals surface area contributed by atoms with Crippen LogP contribution in [0, 0.1) is 6.92 Å². The molecule has 0 bridgehead atoms. The molecule has 0 atom stereocenters. The van der Waals surface area contributed by atoms with Crippen molar-refractivity contribution in [2.24, 2.45) is 0 Å². The van der Waals surface area contributed by atoms with Crippen LogP contribution in [-0.2, 0) is 6.54 Å². The van der Waals surface area contributed by atoms with Crippen molar-refractivity contribution in [3.8, 4) is 0 Å². The zero-order valence-electron chi connectivity index (χ0n) is 15.5. The molecule has 1 aromatic carbocycles. The van der Waals surface area contributed by atoms with Gasteiger partial charge in [-0.25, -0.2) is 4.98 Å². The monoisotopic (exact) mass is 326 g/mol. The molecule has 0 aliphatic carbocycles. The molecular formula is C20H30N4. The smallest absolute Gasteiger partial charge is 0.227 e. The summed E-state index contributed by atoms with van der Waals surface area (Å²) in [6.45, 7) is 12.4. The SMILES string of the molecule is CCCN(CCC)c1cc(C)nc(N(CC)Cc2ccccc2)n1. The number of hydrogen-bond acceptors (Lipinski definition) is 4. The fourth-order valence-corrected chi connectivity index (χ4v) is 2.85. The third kappa shape index (κ3) is 4.95. The topological polar surface area (TPSA) is 32.3 Å². The molecule has 0 fully saturated rings. The lowest BCUT2D eigenvalue weighted by Gasteiger charge is -2.26. The zero-order valence-corrected chi connectivity index (χ0v) is 15.5. The second-order valence-corrected chi connectivity index (χ2v) is 6.15. The van der Waals surface area contributed by atoms with Crippen LogP contribution in [0.3, 0.4) is 0 Å². The van der Waals surface area contributed by atoms with Crippen LogP contribution in [-0.4, -0.2) is 29.6 Å². The first kappa shape index (κ1) is 18.2. The maximum atomic E-state index is 4.88. The number of aryl methyl sites for hydroxylation is 1.